The lowest BCUT2D eigenvalue weighted by Crippen LogP contribution is -2.45. The average Bonchev–Trinajstić information content (AvgIpc) is 2.54. The average molecular weight is 362 g/mol. The second kappa shape index (κ2) is 6.24. The molecule has 116 valence electrons. The van der Waals surface area contributed by atoms with E-state index in [1.165, 1.54) is 11.1 Å². The highest BCUT2D eigenvalue weighted by molar-refractivity contribution is 9.10. The van der Waals surface area contributed by atoms with Gasteiger partial charge in [0.25, 0.3) is 0 Å². The van der Waals surface area contributed by atoms with Crippen LogP contribution < -0.4 is 4.90 Å². The fourth-order valence-corrected chi connectivity index (χ4v) is 3.62. The minimum absolute atomic E-state index is 0.150. The van der Waals surface area contributed by atoms with Crippen LogP contribution in [0.3, 0.4) is 0 Å². The standard InChI is InChI=1S/C17H20BrN3O/c1-12(22)20(2)13-7-10-21(11-8-13)16-6-9-19-17-14(16)4-3-5-15(17)18/h3-6,9,13H,7-8,10-11H2,1-2H3. The van der Waals surface area contributed by atoms with Gasteiger partial charge in [-0.05, 0) is 40.9 Å². The van der Waals surface area contributed by atoms with E-state index in [4.69, 9.17) is 0 Å². The third-order valence-corrected chi connectivity index (χ3v) is 5.19. The molecule has 0 unspecified atom stereocenters. The van der Waals surface area contributed by atoms with Gasteiger partial charge < -0.3 is 9.80 Å². The SMILES string of the molecule is CC(=O)N(C)C1CCN(c2ccnc3c(Br)cccc23)CC1. The molecular weight excluding hydrogens is 342 g/mol. The third kappa shape index (κ3) is 2.82. The Morgan fingerprint density at radius 2 is 2.05 bits per heavy atom. The van der Waals surface area contributed by atoms with Crippen LogP contribution in [0, 0.1) is 0 Å². The molecule has 1 aliphatic heterocycles. The molecule has 1 aromatic carbocycles. The van der Waals surface area contributed by atoms with Crippen molar-refractivity contribution in [1.82, 2.24) is 9.88 Å². The molecule has 0 spiro atoms. The quantitative estimate of drug-likeness (QED) is 0.821. The first-order valence-corrected chi connectivity index (χ1v) is 8.39. The zero-order valence-electron chi connectivity index (χ0n) is 12.9. The molecule has 2 aromatic rings. The molecule has 2 heterocycles. The van der Waals surface area contributed by atoms with Gasteiger partial charge in [0.1, 0.15) is 0 Å². The number of para-hydroxylation sites is 1. The first kappa shape index (κ1) is 15.3. The van der Waals surface area contributed by atoms with Crippen molar-refractivity contribution in [2.24, 2.45) is 0 Å². The first-order chi connectivity index (χ1) is 10.6. The first-order valence-electron chi connectivity index (χ1n) is 7.59. The molecule has 1 fully saturated rings. The highest BCUT2D eigenvalue weighted by Gasteiger charge is 2.24. The van der Waals surface area contributed by atoms with Crippen molar-refractivity contribution in [3.05, 3.63) is 34.9 Å². The largest absolute Gasteiger partial charge is 0.371 e. The van der Waals surface area contributed by atoms with Gasteiger partial charge in [-0.2, -0.15) is 0 Å². The van der Waals surface area contributed by atoms with Crippen LogP contribution in [0.4, 0.5) is 5.69 Å². The number of carbonyl (C=O) groups is 1. The van der Waals surface area contributed by atoms with Gasteiger partial charge >= 0.3 is 0 Å². The zero-order valence-corrected chi connectivity index (χ0v) is 14.5. The topological polar surface area (TPSA) is 36.4 Å². The zero-order chi connectivity index (χ0) is 15.7. The molecule has 1 aromatic heterocycles. The van der Waals surface area contributed by atoms with E-state index in [9.17, 15) is 4.79 Å². The molecule has 1 saturated heterocycles. The van der Waals surface area contributed by atoms with Crippen LogP contribution in [0.5, 0.6) is 0 Å². The van der Waals surface area contributed by atoms with E-state index in [2.05, 4.69) is 37.9 Å². The number of piperidine rings is 1. The number of amides is 1. The summed E-state index contributed by atoms with van der Waals surface area (Å²) in [7, 11) is 1.90. The molecule has 1 aliphatic rings. The number of nitrogens with zero attached hydrogens (tertiary/aromatic N) is 3. The van der Waals surface area contributed by atoms with E-state index in [1.807, 2.05) is 30.3 Å². The predicted molar refractivity (Wildman–Crippen MR) is 93.1 cm³/mol. The number of pyridine rings is 1. The Kier molecular flexibility index (Phi) is 4.34. The maximum Gasteiger partial charge on any atom is 0.219 e. The van der Waals surface area contributed by atoms with Crippen molar-refractivity contribution in [3.8, 4) is 0 Å². The Labute approximate surface area is 139 Å². The summed E-state index contributed by atoms with van der Waals surface area (Å²) < 4.78 is 1.03. The van der Waals surface area contributed by atoms with E-state index in [1.54, 1.807) is 6.92 Å². The van der Waals surface area contributed by atoms with Crippen molar-refractivity contribution in [1.29, 1.82) is 0 Å². The second-order valence-electron chi connectivity index (χ2n) is 5.81. The molecule has 5 heteroatoms. The van der Waals surface area contributed by atoms with Crippen molar-refractivity contribution < 1.29 is 4.79 Å². The van der Waals surface area contributed by atoms with Gasteiger partial charge in [0.15, 0.2) is 0 Å². The molecule has 4 nitrogen and oxygen atoms in total. The van der Waals surface area contributed by atoms with Gasteiger partial charge in [0.05, 0.1) is 5.52 Å². The summed E-state index contributed by atoms with van der Waals surface area (Å²) in [5.74, 6) is 0.150. The van der Waals surface area contributed by atoms with Crippen LogP contribution in [0.25, 0.3) is 10.9 Å². The van der Waals surface area contributed by atoms with E-state index >= 15 is 0 Å². The summed E-state index contributed by atoms with van der Waals surface area (Å²) in [6, 6.07) is 8.63. The van der Waals surface area contributed by atoms with Crippen LogP contribution in [-0.2, 0) is 4.79 Å². The number of hydrogen-bond acceptors (Lipinski definition) is 3. The summed E-state index contributed by atoms with van der Waals surface area (Å²) in [5.41, 5.74) is 2.23. The molecule has 0 saturated carbocycles. The number of carbonyl (C=O) groups excluding carboxylic acids is 1. The van der Waals surface area contributed by atoms with E-state index < -0.39 is 0 Å². The maximum absolute atomic E-state index is 11.5. The molecular formula is C17H20BrN3O. The summed E-state index contributed by atoms with van der Waals surface area (Å²) in [6.07, 6.45) is 3.89. The molecule has 0 atom stereocenters. The number of benzene rings is 1. The molecule has 0 bridgehead atoms. The Hall–Kier alpha value is -1.62. The van der Waals surface area contributed by atoms with Crippen molar-refractivity contribution in [3.63, 3.8) is 0 Å². The van der Waals surface area contributed by atoms with Gasteiger partial charge in [-0.1, -0.05) is 12.1 Å². The number of hydrogen-bond donors (Lipinski definition) is 0. The third-order valence-electron chi connectivity index (χ3n) is 4.55. The van der Waals surface area contributed by atoms with Crippen LogP contribution in [0.1, 0.15) is 19.8 Å². The fourth-order valence-electron chi connectivity index (χ4n) is 3.15. The summed E-state index contributed by atoms with van der Waals surface area (Å²) in [4.78, 5) is 20.3. The Morgan fingerprint density at radius 1 is 1.32 bits per heavy atom. The Balaban J connectivity index is 1.83. The Bertz CT molecular complexity index is 695. The molecule has 0 aliphatic carbocycles. The minimum atomic E-state index is 0.150. The predicted octanol–water partition coefficient (Wildman–Crippen LogP) is 3.44. The summed E-state index contributed by atoms with van der Waals surface area (Å²) in [6.45, 7) is 3.57. The molecule has 22 heavy (non-hydrogen) atoms. The van der Waals surface area contributed by atoms with Gasteiger partial charge in [-0.25, -0.2) is 0 Å². The van der Waals surface area contributed by atoms with Crippen LogP contribution in [0.15, 0.2) is 34.9 Å². The van der Waals surface area contributed by atoms with Crippen molar-refractivity contribution >= 4 is 38.4 Å². The minimum Gasteiger partial charge on any atom is -0.371 e. The maximum atomic E-state index is 11.5. The summed E-state index contributed by atoms with van der Waals surface area (Å²) in [5, 5.41) is 1.18. The second-order valence-corrected chi connectivity index (χ2v) is 6.67. The normalized spacial score (nSPS) is 16.0. The van der Waals surface area contributed by atoms with Crippen LogP contribution in [0.2, 0.25) is 0 Å². The fraction of sp³-hybridized carbons (Fsp3) is 0.412. The molecule has 3 rings (SSSR count). The van der Waals surface area contributed by atoms with Crippen LogP contribution in [-0.4, -0.2) is 42.0 Å². The lowest BCUT2D eigenvalue weighted by atomic mass is 10.0. The lowest BCUT2D eigenvalue weighted by molar-refractivity contribution is -0.129. The van der Waals surface area contributed by atoms with Crippen molar-refractivity contribution in [2.75, 3.05) is 25.0 Å². The number of anilines is 1. The van der Waals surface area contributed by atoms with E-state index in [0.717, 1.165) is 35.9 Å². The van der Waals surface area contributed by atoms with Crippen LogP contribution >= 0.6 is 15.9 Å². The van der Waals surface area contributed by atoms with Gasteiger partial charge in [-0.3, -0.25) is 9.78 Å². The molecule has 1 amide bonds. The lowest BCUT2D eigenvalue weighted by Gasteiger charge is -2.37. The Morgan fingerprint density at radius 3 is 2.73 bits per heavy atom. The highest BCUT2D eigenvalue weighted by atomic mass is 79.9. The highest BCUT2D eigenvalue weighted by Crippen LogP contribution is 2.31. The monoisotopic (exact) mass is 361 g/mol. The van der Waals surface area contributed by atoms with Crippen molar-refractivity contribution in [2.45, 2.75) is 25.8 Å². The molecule has 0 N–H and O–H groups in total. The van der Waals surface area contributed by atoms with Gasteiger partial charge in [-0.15, -0.1) is 0 Å². The van der Waals surface area contributed by atoms with Gasteiger partial charge in [0.2, 0.25) is 5.91 Å². The van der Waals surface area contributed by atoms with E-state index in [0.29, 0.717) is 6.04 Å². The molecule has 0 radical (unpaired) electrons. The number of rotatable bonds is 2. The number of halogens is 1. The summed E-state index contributed by atoms with van der Waals surface area (Å²) >= 11 is 3.57. The van der Waals surface area contributed by atoms with Gasteiger partial charge in [0, 0.05) is 54.8 Å². The number of fused-ring (bicyclic) bond motifs is 1. The smallest absolute Gasteiger partial charge is 0.219 e. The number of aromatic nitrogens is 1. The van der Waals surface area contributed by atoms with E-state index in [-0.39, 0.29) is 5.91 Å².